The van der Waals surface area contributed by atoms with Crippen molar-refractivity contribution in [3.05, 3.63) is 52.5 Å². The van der Waals surface area contributed by atoms with Gasteiger partial charge in [0.25, 0.3) is 0 Å². The normalized spacial score (nSPS) is 10.8. The third-order valence-electron chi connectivity index (χ3n) is 3.69. The number of hydrogen-bond donors (Lipinski definition) is 0. The number of esters is 1. The van der Waals surface area contributed by atoms with Crippen LogP contribution in [0.2, 0.25) is 0 Å². The zero-order chi connectivity index (χ0) is 16.6. The highest BCUT2D eigenvalue weighted by atomic mass is 79.9. The van der Waals surface area contributed by atoms with Crippen LogP contribution in [-0.4, -0.2) is 32.6 Å². The average molecular weight is 375 g/mol. The molecule has 0 radical (unpaired) electrons. The fraction of sp³-hybridized carbons (Fsp3) is 0.188. The van der Waals surface area contributed by atoms with E-state index >= 15 is 0 Å². The first kappa shape index (κ1) is 15.5. The zero-order valence-electron chi connectivity index (χ0n) is 12.9. The fourth-order valence-corrected chi connectivity index (χ4v) is 2.72. The molecule has 0 aliphatic heterocycles. The molecule has 0 aliphatic rings. The molecule has 0 bridgehead atoms. The number of rotatable bonds is 3. The Morgan fingerprint density at radius 1 is 1.30 bits per heavy atom. The highest BCUT2D eigenvalue weighted by Crippen LogP contribution is 2.28. The Hall–Kier alpha value is -2.41. The van der Waals surface area contributed by atoms with Crippen LogP contribution in [-0.2, 0) is 11.8 Å². The van der Waals surface area contributed by atoms with Gasteiger partial charge < -0.3 is 4.74 Å². The zero-order valence-corrected chi connectivity index (χ0v) is 14.5. The number of aryl methyl sites for hydroxylation is 1. The summed E-state index contributed by atoms with van der Waals surface area (Å²) in [5.41, 5.74) is 3.61. The van der Waals surface area contributed by atoms with Gasteiger partial charge in [-0.25, -0.2) is 9.48 Å². The van der Waals surface area contributed by atoms with E-state index in [1.807, 2.05) is 44.4 Å². The van der Waals surface area contributed by atoms with E-state index in [-0.39, 0.29) is 5.69 Å². The van der Waals surface area contributed by atoms with Gasteiger partial charge in [0.15, 0.2) is 5.69 Å². The molecule has 0 fully saturated rings. The second kappa shape index (κ2) is 6.00. The first-order valence-corrected chi connectivity index (χ1v) is 7.73. The SMILES string of the molecule is COC(=O)c1nn(-c2cccc(Br)c2)cc1-c1cnn(C)c1C. The number of nitrogens with zero attached hydrogens (tertiary/aromatic N) is 4. The molecule has 2 aromatic heterocycles. The van der Waals surface area contributed by atoms with Crippen LogP contribution in [0.5, 0.6) is 0 Å². The maximum atomic E-state index is 12.1. The molecule has 0 saturated heterocycles. The van der Waals surface area contributed by atoms with Crippen molar-refractivity contribution in [2.45, 2.75) is 6.92 Å². The minimum absolute atomic E-state index is 0.267. The standard InChI is InChI=1S/C16H15BrN4O2/c1-10-13(8-18-20(10)2)14-9-21(19-15(14)16(22)23-3)12-6-4-5-11(17)7-12/h4-9H,1-3H3. The largest absolute Gasteiger partial charge is 0.464 e. The summed E-state index contributed by atoms with van der Waals surface area (Å²) in [4.78, 5) is 12.1. The number of methoxy groups -OCH3 is 1. The molecule has 3 rings (SSSR count). The summed E-state index contributed by atoms with van der Waals surface area (Å²) in [5.74, 6) is -0.475. The lowest BCUT2D eigenvalue weighted by atomic mass is 10.1. The monoisotopic (exact) mass is 374 g/mol. The van der Waals surface area contributed by atoms with E-state index in [9.17, 15) is 4.79 Å². The van der Waals surface area contributed by atoms with Crippen molar-refractivity contribution in [3.8, 4) is 16.8 Å². The van der Waals surface area contributed by atoms with Crippen LogP contribution in [0.1, 0.15) is 16.2 Å². The van der Waals surface area contributed by atoms with Crippen molar-refractivity contribution >= 4 is 21.9 Å². The highest BCUT2D eigenvalue weighted by molar-refractivity contribution is 9.10. The third-order valence-corrected chi connectivity index (χ3v) is 4.18. The lowest BCUT2D eigenvalue weighted by Crippen LogP contribution is -2.05. The topological polar surface area (TPSA) is 61.9 Å². The van der Waals surface area contributed by atoms with E-state index in [1.54, 1.807) is 15.6 Å². The average Bonchev–Trinajstić information content (AvgIpc) is 3.11. The van der Waals surface area contributed by atoms with Crippen LogP contribution < -0.4 is 0 Å². The summed E-state index contributed by atoms with van der Waals surface area (Å²) in [7, 11) is 3.20. The lowest BCUT2D eigenvalue weighted by molar-refractivity contribution is 0.0594. The summed E-state index contributed by atoms with van der Waals surface area (Å²) in [6.45, 7) is 1.94. The second-order valence-corrected chi connectivity index (χ2v) is 5.99. The van der Waals surface area contributed by atoms with Gasteiger partial charge in [0.05, 0.1) is 19.0 Å². The van der Waals surface area contributed by atoms with Crippen molar-refractivity contribution < 1.29 is 9.53 Å². The molecule has 0 aliphatic carbocycles. The molecule has 7 heteroatoms. The number of halogens is 1. The number of carbonyl (C=O) groups excluding carboxylic acids is 1. The van der Waals surface area contributed by atoms with Gasteiger partial charge >= 0.3 is 5.97 Å². The Bertz CT molecular complexity index is 882. The van der Waals surface area contributed by atoms with Gasteiger partial charge in [-0.15, -0.1) is 0 Å². The highest BCUT2D eigenvalue weighted by Gasteiger charge is 2.22. The Kier molecular flexibility index (Phi) is 4.04. The molecule has 0 spiro atoms. The Labute approximate surface area is 141 Å². The number of aromatic nitrogens is 4. The van der Waals surface area contributed by atoms with Crippen LogP contribution in [0.4, 0.5) is 0 Å². The summed E-state index contributed by atoms with van der Waals surface area (Å²) < 4.78 is 9.22. The molecule has 0 saturated carbocycles. The predicted octanol–water partition coefficient (Wildman–Crippen LogP) is 3.13. The van der Waals surface area contributed by atoms with Crippen molar-refractivity contribution in [1.29, 1.82) is 0 Å². The van der Waals surface area contributed by atoms with Crippen LogP contribution in [0, 0.1) is 6.92 Å². The number of benzene rings is 1. The molecular weight excluding hydrogens is 360 g/mol. The lowest BCUT2D eigenvalue weighted by Gasteiger charge is -2.01. The van der Waals surface area contributed by atoms with E-state index in [0.717, 1.165) is 21.4 Å². The van der Waals surface area contributed by atoms with Crippen LogP contribution in [0.25, 0.3) is 16.8 Å². The van der Waals surface area contributed by atoms with Crippen molar-refractivity contribution in [3.63, 3.8) is 0 Å². The molecule has 0 unspecified atom stereocenters. The molecule has 0 amide bonds. The van der Waals surface area contributed by atoms with Crippen LogP contribution in [0.3, 0.4) is 0 Å². The van der Waals surface area contributed by atoms with Gasteiger partial charge in [0.1, 0.15) is 0 Å². The summed E-state index contributed by atoms with van der Waals surface area (Å²) in [6.07, 6.45) is 3.54. The van der Waals surface area contributed by atoms with Gasteiger partial charge in [-0.2, -0.15) is 10.2 Å². The van der Waals surface area contributed by atoms with Gasteiger partial charge in [0.2, 0.25) is 0 Å². The minimum atomic E-state index is -0.475. The van der Waals surface area contributed by atoms with E-state index in [1.165, 1.54) is 7.11 Å². The Balaban J connectivity index is 2.19. The molecule has 2 heterocycles. The number of carbonyl (C=O) groups is 1. The van der Waals surface area contributed by atoms with E-state index in [2.05, 4.69) is 26.1 Å². The van der Waals surface area contributed by atoms with Crippen LogP contribution in [0.15, 0.2) is 41.1 Å². The van der Waals surface area contributed by atoms with Gasteiger partial charge in [-0.1, -0.05) is 22.0 Å². The molecule has 3 aromatic rings. The van der Waals surface area contributed by atoms with Gasteiger partial charge in [-0.3, -0.25) is 4.68 Å². The maximum Gasteiger partial charge on any atom is 0.359 e. The Morgan fingerprint density at radius 2 is 2.09 bits per heavy atom. The fourth-order valence-electron chi connectivity index (χ4n) is 2.33. The predicted molar refractivity (Wildman–Crippen MR) is 89.5 cm³/mol. The molecule has 0 N–H and O–H groups in total. The molecule has 6 nitrogen and oxygen atoms in total. The Morgan fingerprint density at radius 3 is 2.70 bits per heavy atom. The van der Waals surface area contributed by atoms with Crippen molar-refractivity contribution in [2.75, 3.05) is 7.11 Å². The summed E-state index contributed by atoms with van der Waals surface area (Å²) in [6, 6.07) is 7.68. The quantitative estimate of drug-likeness (QED) is 0.660. The molecule has 1 aromatic carbocycles. The molecule has 118 valence electrons. The first-order chi connectivity index (χ1) is 11.0. The number of ether oxygens (including phenoxy) is 1. The summed E-state index contributed by atoms with van der Waals surface area (Å²) in [5, 5.41) is 8.64. The van der Waals surface area contributed by atoms with Crippen molar-refractivity contribution in [2.24, 2.45) is 7.05 Å². The van der Waals surface area contributed by atoms with E-state index < -0.39 is 5.97 Å². The molecule has 23 heavy (non-hydrogen) atoms. The second-order valence-electron chi connectivity index (χ2n) is 5.07. The van der Waals surface area contributed by atoms with Gasteiger partial charge in [-0.05, 0) is 25.1 Å². The van der Waals surface area contributed by atoms with Gasteiger partial charge in [0, 0.05) is 34.5 Å². The summed E-state index contributed by atoms with van der Waals surface area (Å²) >= 11 is 3.44. The number of hydrogen-bond acceptors (Lipinski definition) is 4. The first-order valence-electron chi connectivity index (χ1n) is 6.94. The maximum absolute atomic E-state index is 12.1. The van der Waals surface area contributed by atoms with E-state index in [0.29, 0.717) is 5.56 Å². The van der Waals surface area contributed by atoms with Crippen molar-refractivity contribution in [1.82, 2.24) is 19.6 Å². The van der Waals surface area contributed by atoms with Crippen LogP contribution >= 0.6 is 15.9 Å². The minimum Gasteiger partial charge on any atom is -0.464 e. The smallest absolute Gasteiger partial charge is 0.359 e. The van der Waals surface area contributed by atoms with E-state index in [4.69, 9.17) is 4.74 Å². The molecule has 0 atom stereocenters. The molecular formula is C16H15BrN4O2. The third kappa shape index (κ3) is 2.79.